The maximum atomic E-state index is 9.01. The summed E-state index contributed by atoms with van der Waals surface area (Å²) >= 11 is 0. The van der Waals surface area contributed by atoms with Gasteiger partial charge in [-0.05, 0) is 18.2 Å². The van der Waals surface area contributed by atoms with Gasteiger partial charge in [-0.15, -0.1) is 0 Å². The highest BCUT2D eigenvalue weighted by Gasteiger charge is 1.87. The first kappa shape index (κ1) is 7.64. The van der Waals surface area contributed by atoms with Crippen LogP contribution in [0.25, 0.3) is 0 Å². The summed E-state index contributed by atoms with van der Waals surface area (Å²) in [7, 11) is 0. The lowest BCUT2D eigenvalue weighted by Gasteiger charge is -1.90. The first-order valence-corrected chi connectivity index (χ1v) is 3.31. The molecule has 0 aliphatic carbocycles. The number of phenols is 1. The number of nitrogens with two attached hydrogens (primary N) is 1. The number of phenolic OH excluding ortho intramolecular Hbond substituents is 1. The number of benzene rings is 1. The van der Waals surface area contributed by atoms with E-state index in [1.54, 1.807) is 18.2 Å². The quantitative estimate of drug-likeness (QED) is 0.531. The molecule has 2 heteroatoms. The summed E-state index contributed by atoms with van der Waals surface area (Å²) in [6, 6.07) is 6.77. The molecule has 3 N–H and O–H groups in total. The minimum atomic E-state index is 0.230. The standard InChI is InChI=1S/C9H9NO/c10-6-2-4-8-3-1-5-9(11)7-8/h1,3,5,7,11H,6,10H2. The second-order valence-electron chi connectivity index (χ2n) is 2.06. The van der Waals surface area contributed by atoms with E-state index in [0.29, 0.717) is 6.54 Å². The third kappa shape index (κ3) is 2.32. The van der Waals surface area contributed by atoms with Gasteiger partial charge in [-0.1, -0.05) is 17.9 Å². The third-order valence-corrected chi connectivity index (χ3v) is 1.18. The molecule has 0 fully saturated rings. The van der Waals surface area contributed by atoms with Gasteiger partial charge in [-0.3, -0.25) is 0 Å². The molecule has 0 aliphatic heterocycles. The van der Waals surface area contributed by atoms with Crippen molar-refractivity contribution in [2.75, 3.05) is 6.54 Å². The minimum Gasteiger partial charge on any atom is -0.508 e. The molecular weight excluding hydrogens is 138 g/mol. The van der Waals surface area contributed by atoms with Crippen LogP contribution < -0.4 is 5.73 Å². The Morgan fingerprint density at radius 2 is 2.27 bits per heavy atom. The van der Waals surface area contributed by atoms with Gasteiger partial charge in [0.25, 0.3) is 0 Å². The monoisotopic (exact) mass is 147 g/mol. The highest BCUT2D eigenvalue weighted by Crippen LogP contribution is 2.08. The SMILES string of the molecule is NCC#Cc1cccc(O)c1. The lowest BCUT2D eigenvalue weighted by molar-refractivity contribution is 0.475. The molecule has 2 nitrogen and oxygen atoms in total. The van der Waals surface area contributed by atoms with E-state index < -0.39 is 0 Å². The van der Waals surface area contributed by atoms with Crippen molar-refractivity contribution in [1.82, 2.24) is 0 Å². The first-order valence-electron chi connectivity index (χ1n) is 3.31. The Bertz CT molecular complexity index is 296. The minimum absolute atomic E-state index is 0.230. The maximum Gasteiger partial charge on any atom is 0.116 e. The molecule has 0 heterocycles. The molecule has 1 rings (SSSR count). The summed E-state index contributed by atoms with van der Waals surface area (Å²) in [6.07, 6.45) is 0. The highest BCUT2D eigenvalue weighted by molar-refractivity contribution is 5.39. The normalized spacial score (nSPS) is 8.45. The molecule has 0 unspecified atom stereocenters. The fourth-order valence-electron chi connectivity index (χ4n) is 0.737. The van der Waals surface area contributed by atoms with E-state index in [0.717, 1.165) is 5.56 Å². The molecule has 0 aromatic heterocycles. The molecule has 0 aliphatic rings. The van der Waals surface area contributed by atoms with Crippen molar-refractivity contribution in [2.24, 2.45) is 5.73 Å². The summed E-state index contributed by atoms with van der Waals surface area (Å²) in [5, 5.41) is 9.01. The summed E-state index contributed by atoms with van der Waals surface area (Å²) in [5.41, 5.74) is 5.97. The van der Waals surface area contributed by atoms with Crippen LogP contribution in [-0.2, 0) is 0 Å². The van der Waals surface area contributed by atoms with E-state index in [4.69, 9.17) is 10.8 Å². The zero-order chi connectivity index (χ0) is 8.10. The molecule has 0 saturated carbocycles. The van der Waals surface area contributed by atoms with Crippen molar-refractivity contribution in [1.29, 1.82) is 0 Å². The lowest BCUT2D eigenvalue weighted by Crippen LogP contribution is -1.92. The highest BCUT2D eigenvalue weighted by atomic mass is 16.3. The Hall–Kier alpha value is -1.46. The van der Waals surface area contributed by atoms with Gasteiger partial charge in [-0.25, -0.2) is 0 Å². The molecule has 0 radical (unpaired) electrons. The predicted octanol–water partition coefficient (Wildman–Crippen LogP) is 0.702. The van der Waals surface area contributed by atoms with E-state index in [9.17, 15) is 0 Å². The topological polar surface area (TPSA) is 46.2 Å². The van der Waals surface area contributed by atoms with Crippen LogP contribution in [0.3, 0.4) is 0 Å². The molecule has 1 aromatic carbocycles. The van der Waals surface area contributed by atoms with Crippen LogP contribution in [0.2, 0.25) is 0 Å². The van der Waals surface area contributed by atoms with Crippen LogP contribution in [0.15, 0.2) is 24.3 Å². The largest absolute Gasteiger partial charge is 0.508 e. The molecule has 0 atom stereocenters. The van der Waals surface area contributed by atoms with Crippen LogP contribution in [0.4, 0.5) is 0 Å². The fraction of sp³-hybridized carbons (Fsp3) is 0.111. The Balaban J connectivity index is 2.87. The summed E-state index contributed by atoms with van der Waals surface area (Å²) in [4.78, 5) is 0. The summed E-state index contributed by atoms with van der Waals surface area (Å²) < 4.78 is 0. The third-order valence-electron chi connectivity index (χ3n) is 1.18. The fourth-order valence-corrected chi connectivity index (χ4v) is 0.737. The Labute approximate surface area is 65.7 Å². The van der Waals surface area contributed by atoms with Crippen LogP contribution in [0, 0.1) is 11.8 Å². The Morgan fingerprint density at radius 3 is 2.91 bits per heavy atom. The van der Waals surface area contributed by atoms with Crippen molar-refractivity contribution in [3.8, 4) is 17.6 Å². The summed E-state index contributed by atoms with van der Waals surface area (Å²) in [5.74, 6) is 5.74. The predicted molar refractivity (Wildman–Crippen MR) is 44.0 cm³/mol. The van der Waals surface area contributed by atoms with E-state index in [-0.39, 0.29) is 5.75 Å². The van der Waals surface area contributed by atoms with E-state index in [1.807, 2.05) is 6.07 Å². The van der Waals surface area contributed by atoms with Crippen LogP contribution >= 0.6 is 0 Å². The number of hydrogen-bond acceptors (Lipinski definition) is 2. The summed E-state index contributed by atoms with van der Waals surface area (Å²) in [6.45, 7) is 0.343. The second-order valence-corrected chi connectivity index (χ2v) is 2.06. The van der Waals surface area contributed by atoms with Crippen LogP contribution in [0.1, 0.15) is 5.56 Å². The van der Waals surface area contributed by atoms with Gasteiger partial charge >= 0.3 is 0 Å². The molecule has 0 bridgehead atoms. The van der Waals surface area contributed by atoms with Gasteiger partial charge in [0.2, 0.25) is 0 Å². The first-order chi connectivity index (χ1) is 5.33. The van der Waals surface area contributed by atoms with E-state index in [1.165, 1.54) is 0 Å². The Kier molecular flexibility index (Phi) is 2.53. The van der Waals surface area contributed by atoms with Crippen molar-refractivity contribution in [3.05, 3.63) is 29.8 Å². The number of aromatic hydroxyl groups is 1. The average molecular weight is 147 g/mol. The van der Waals surface area contributed by atoms with Gasteiger partial charge in [0.15, 0.2) is 0 Å². The molecule has 11 heavy (non-hydrogen) atoms. The van der Waals surface area contributed by atoms with Crippen LogP contribution in [0.5, 0.6) is 5.75 Å². The molecule has 0 saturated heterocycles. The zero-order valence-electron chi connectivity index (χ0n) is 6.04. The second kappa shape index (κ2) is 3.65. The molecule has 0 amide bonds. The zero-order valence-corrected chi connectivity index (χ0v) is 6.04. The van der Waals surface area contributed by atoms with Gasteiger partial charge in [0.05, 0.1) is 6.54 Å². The van der Waals surface area contributed by atoms with E-state index in [2.05, 4.69) is 11.8 Å². The van der Waals surface area contributed by atoms with Crippen LogP contribution in [-0.4, -0.2) is 11.7 Å². The van der Waals surface area contributed by atoms with Crippen molar-refractivity contribution in [3.63, 3.8) is 0 Å². The van der Waals surface area contributed by atoms with Gasteiger partial charge in [0.1, 0.15) is 5.75 Å². The van der Waals surface area contributed by atoms with Gasteiger partial charge < -0.3 is 10.8 Å². The molecular formula is C9H9NO. The molecule has 56 valence electrons. The smallest absolute Gasteiger partial charge is 0.116 e. The lowest BCUT2D eigenvalue weighted by atomic mass is 10.2. The maximum absolute atomic E-state index is 9.01. The number of hydrogen-bond donors (Lipinski definition) is 2. The number of rotatable bonds is 0. The Morgan fingerprint density at radius 1 is 1.45 bits per heavy atom. The molecule has 0 spiro atoms. The van der Waals surface area contributed by atoms with Gasteiger partial charge in [0, 0.05) is 5.56 Å². The molecule has 1 aromatic rings. The van der Waals surface area contributed by atoms with Crippen molar-refractivity contribution >= 4 is 0 Å². The van der Waals surface area contributed by atoms with Gasteiger partial charge in [-0.2, -0.15) is 0 Å². The average Bonchev–Trinajstić information content (AvgIpc) is 2.01. The van der Waals surface area contributed by atoms with E-state index >= 15 is 0 Å². The van der Waals surface area contributed by atoms with Crippen molar-refractivity contribution < 1.29 is 5.11 Å². The van der Waals surface area contributed by atoms with Crippen molar-refractivity contribution in [2.45, 2.75) is 0 Å².